The maximum atomic E-state index is 12.0. The monoisotopic (exact) mass is 336 g/mol. The number of aromatic amines is 1. The average molecular weight is 336 g/mol. The number of nitrogens with zero attached hydrogens (tertiary/aromatic N) is 1. The summed E-state index contributed by atoms with van der Waals surface area (Å²) in [6.07, 6.45) is 4.65. The van der Waals surface area contributed by atoms with Gasteiger partial charge in [-0.2, -0.15) is 0 Å². The lowest BCUT2D eigenvalue weighted by atomic mass is 9.96. The van der Waals surface area contributed by atoms with E-state index < -0.39 is 5.41 Å². The molecular weight excluding hydrogens is 312 g/mol. The van der Waals surface area contributed by atoms with Crippen molar-refractivity contribution < 1.29 is 4.79 Å². The first-order valence-corrected chi connectivity index (χ1v) is 8.50. The van der Waals surface area contributed by atoms with Gasteiger partial charge in [0, 0.05) is 29.1 Å². The molecular formula is C20H24N4O. The molecule has 0 radical (unpaired) electrons. The number of hydrogen-bond donors (Lipinski definition) is 3. The van der Waals surface area contributed by atoms with Crippen molar-refractivity contribution in [3.63, 3.8) is 0 Å². The van der Waals surface area contributed by atoms with Crippen LogP contribution in [0, 0.1) is 5.41 Å². The van der Waals surface area contributed by atoms with Crippen LogP contribution < -0.4 is 10.6 Å². The molecule has 5 heteroatoms. The third-order valence-corrected chi connectivity index (χ3v) is 4.08. The smallest absolute Gasteiger partial charge is 0.229 e. The normalized spacial score (nSPS) is 11.5. The summed E-state index contributed by atoms with van der Waals surface area (Å²) < 4.78 is 0. The van der Waals surface area contributed by atoms with Crippen LogP contribution in [0.25, 0.3) is 10.9 Å². The van der Waals surface area contributed by atoms with E-state index in [1.54, 1.807) is 6.20 Å². The van der Waals surface area contributed by atoms with Crippen LogP contribution in [0.3, 0.4) is 0 Å². The van der Waals surface area contributed by atoms with Crippen molar-refractivity contribution in [2.45, 2.75) is 27.2 Å². The molecule has 130 valence electrons. The third kappa shape index (κ3) is 4.18. The van der Waals surface area contributed by atoms with E-state index in [1.165, 1.54) is 10.9 Å². The lowest BCUT2D eigenvalue weighted by Crippen LogP contribution is -2.27. The summed E-state index contributed by atoms with van der Waals surface area (Å²) >= 11 is 0. The fraction of sp³-hybridized carbons (Fsp3) is 0.300. The minimum absolute atomic E-state index is 0.0191. The maximum Gasteiger partial charge on any atom is 0.229 e. The van der Waals surface area contributed by atoms with E-state index in [2.05, 4.69) is 45.0 Å². The molecule has 0 saturated carbocycles. The molecule has 25 heavy (non-hydrogen) atoms. The highest BCUT2D eigenvalue weighted by molar-refractivity contribution is 5.94. The van der Waals surface area contributed by atoms with Crippen molar-refractivity contribution in [3.8, 4) is 0 Å². The Kier molecular flexibility index (Phi) is 4.74. The van der Waals surface area contributed by atoms with E-state index in [4.69, 9.17) is 0 Å². The molecule has 1 aromatic carbocycles. The first-order chi connectivity index (χ1) is 11.9. The standard InChI is InChI=1S/C20H24N4O/c1-20(2,3)19(25)24-15-8-9-18(23-13-15)21-11-10-14-12-22-17-7-5-4-6-16(14)17/h4-9,12-13,22H,10-11H2,1-3H3,(H,21,23)(H,24,25). The number of nitrogens with one attached hydrogen (secondary N) is 3. The first kappa shape index (κ1) is 17.0. The Bertz CT molecular complexity index is 859. The molecule has 1 amide bonds. The van der Waals surface area contributed by atoms with Crippen LogP contribution >= 0.6 is 0 Å². The van der Waals surface area contributed by atoms with Crippen LogP contribution in [0.2, 0.25) is 0 Å². The number of hydrogen-bond acceptors (Lipinski definition) is 3. The van der Waals surface area contributed by atoms with Crippen LogP contribution in [-0.4, -0.2) is 22.4 Å². The van der Waals surface area contributed by atoms with Crippen molar-refractivity contribution in [2.75, 3.05) is 17.2 Å². The van der Waals surface area contributed by atoms with Gasteiger partial charge < -0.3 is 15.6 Å². The van der Waals surface area contributed by atoms with Gasteiger partial charge in [0.1, 0.15) is 5.82 Å². The molecule has 0 aliphatic carbocycles. The van der Waals surface area contributed by atoms with Gasteiger partial charge >= 0.3 is 0 Å². The summed E-state index contributed by atoms with van der Waals surface area (Å²) in [5, 5.41) is 7.46. The van der Waals surface area contributed by atoms with Crippen molar-refractivity contribution in [2.24, 2.45) is 5.41 Å². The van der Waals surface area contributed by atoms with Crippen LogP contribution in [0.4, 0.5) is 11.5 Å². The quantitative estimate of drug-likeness (QED) is 0.654. The summed E-state index contributed by atoms with van der Waals surface area (Å²) in [6, 6.07) is 12.0. The molecule has 0 bridgehead atoms. The summed E-state index contributed by atoms with van der Waals surface area (Å²) in [5.74, 6) is 0.781. The number of rotatable bonds is 5. The molecule has 5 nitrogen and oxygen atoms in total. The summed E-state index contributed by atoms with van der Waals surface area (Å²) in [7, 11) is 0. The lowest BCUT2D eigenvalue weighted by Gasteiger charge is -2.17. The van der Waals surface area contributed by atoms with Gasteiger partial charge in [-0.25, -0.2) is 4.98 Å². The summed E-state index contributed by atoms with van der Waals surface area (Å²) in [5.41, 5.74) is 2.74. The fourth-order valence-corrected chi connectivity index (χ4v) is 2.55. The Balaban J connectivity index is 1.54. The van der Waals surface area contributed by atoms with Crippen molar-refractivity contribution in [3.05, 3.63) is 54.4 Å². The number of fused-ring (bicyclic) bond motifs is 1. The Hall–Kier alpha value is -2.82. The van der Waals surface area contributed by atoms with Crippen molar-refractivity contribution >= 4 is 28.3 Å². The number of carbonyl (C=O) groups excluding carboxylic acids is 1. The fourth-order valence-electron chi connectivity index (χ4n) is 2.55. The number of carbonyl (C=O) groups is 1. The van der Waals surface area contributed by atoms with Crippen LogP contribution in [-0.2, 0) is 11.2 Å². The molecule has 0 spiro atoms. The molecule has 0 unspecified atom stereocenters. The molecule has 2 heterocycles. The number of H-pyrrole nitrogens is 1. The van der Waals surface area contributed by atoms with Gasteiger partial charge in [-0.3, -0.25) is 4.79 Å². The van der Waals surface area contributed by atoms with Crippen molar-refractivity contribution in [1.82, 2.24) is 9.97 Å². The summed E-state index contributed by atoms with van der Waals surface area (Å²) in [6.45, 7) is 6.45. The van der Waals surface area contributed by atoms with E-state index in [9.17, 15) is 4.79 Å². The molecule has 3 aromatic rings. The maximum absolute atomic E-state index is 12.0. The third-order valence-electron chi connectivity index (χ3n) is 4.08. The highest BCUT2D eigenvalue weighted by Crippen LogP contribution is 2.19. The highest BCUT2D eigenvalue weighted by Gasteiger charge is 2.21. The van der Waals surface area contributed by atoms with E-state index in [0.29, 0.717) is 5.69 Å². The van der Waals surface area contributed by atoms with Crippen LogP contribution in [0.1, 0.15) is 26.3 Å². The minimum atomic E-state index is -0.420. The Labute approximate surface area is 147 Å². The zero-order valence-electron chi connectivity index (χ0n) is 14.9. The van der Waals surface area contributed by atoms with E-state index in [1.807, 2.05) is 39.0 Å². The second kappa shape index (κ2) is 6.97. The Morgan fingerprint density at radius 3 is 2.68 bits per heavy atom. The molecule has 3 rings (SSSR count). The molecule has 2 aromatic heterocycles. The van der Waals surface area contributed by atoms with Gasteiger partial charge in [-0.05, 0) is 30.2 Å². The number of benzene rings is 1. The van der Waals surface area contributed by atoms with Gasteiger partial charge in [0.15, 0.2) is 0 Å². The van der Waals surface area contributed by atoms with Crippen LogP contribution in [0.15, 0.2) is 48.8 Å². The highest BCUT2D eigenvalue weighted by atomic mass is 16.2. The Morgan fingerprint density at radius 2 is 1.96 bits per heavy atom. The van der Waals surface area contributed by atoms with Crippen LogP contribution in [0.5, 0.6) is 0 Å². The minimum Gasteiger partial charge on any atom is -0.370 e. The molecule has 3 N–H and O–H groups in total. The van der Waals surface area contributed by atoms with Gasteiger partial charge in [0.2, 0.25) is 5.91 Å². The predicted octanol–water partition coefficient (Wildman–Crippen LogP) is 4.20. The molecule has 0 atom stereocenters. The average Bonchev–Trinajstić information content (AvgIpc) is 2.99. The topological polar surface area (TPSA) is 69.8 Å². The first-order valence-electron chi connectivity index (χ1n) is 8.50. The lowest BCUT2D eigenvalue weighted by molar-refractivity contribution is -0.123. The molecule has 0 fully saturated rings. The van der Waals surface area contributed by atoms with Crippen molar-refractivity contribution in [1.29, 1.82) is 0 Å². The van der Waals surface area contributed by atoms with Gasteiger partial charge in [0.05, 0.1) is 11.9 Å². The number of pyridine rings is 1. The second-order valence-corrected chi connectivity index (χ2v) is 7.17. The zero-order chi connectivity index (χ0) is 17.9. The molecule has 0 aliphatic heterocycles. The number of para-hydroxylation sites is 1. The van der Waals surface area contributed by atoms with Gasteiger partial charge in [0.25, 0.3) is 0 Å². The van der Waals surface area contributed by atoms with E-state index in [-0.39, 0.29) is 5.91 Å². The van der Waals surface area contributed by atoms with Gasteiger partial charge in [-0.1, -0.05) is 39.0 Å². The van der Waals surface area contributed by atoms with Gasteiger partial charge in [-0.15, -0.1) is 0 Å². The predicted molar refractivity (Wildman–Crippen MR) is 103 cm³/mol. The molecule has 0 saturated heterocycles. The SMILES string of the molecule is CC(C)(C)C(=O)Nc1ccc(NCCc2c[nH]c3ccccc23)nc1. The number of amides is 1. The Morgan fingerprint density at radius 1 is 1.16 bits per heavy atom. The molecule has 0 aliphatic rings. The van der Waals surface area contributed by atoms with E-state index >= 15 is 0 Å². The zero-order valence-corrected chi connectivity index (χ0v) is 14.9. The largest absolute Gasteiger partial charge is 0.370 e. The second-order valence-electron chi connectivity index (χ2n) is 7.17. The number of anilines is 2. The summed E-state index contributed by atoms with van der Waals surface area (Å²) in [4.78, 5) is 19.6. The number of aromatic nitrogens is 2. The van der Waals surface area contributed by atoms with E-state index in [0.717, 1.165) is 24.3 Å².